The Kier molecular flexibility index (Phi) is 7.31. The largest absolute Gasteiger partial charge is 0.331 e. The number of anilines is 3. The smallest absolute Gasteiger partial charge is 0.260 e. The predicted octanol–water partition coefficient (Wildman–Crippen LogP) is 4.20. The summed E-state index contributed by atoms with van der Waals surface area (Å²) in [5.41, 5.74) is 1.90. The van der Waals surface area contributed by atoms with Crippen LogP contribution in [0.1, 0.15) is 23.7 Å². The third-order valence-electron chi connectivity index (χ3n) is 4.53. The van der Waals surface area contributed by atoms with Crippen molar-refractivity contribution >= 4 is 39.8 Å². The number of nitriles is 1. The summed E-state index contributed by atoms with van der Waals surface area (Å²) in [6.45, 7) is 5.68. The second-order valence-corrected chi connectivity index (χ2v) is 7.95. The van der Waals surface area contributed by atoms with Gasteiger partial charge in [0.2, 0.25) is 0 Å². The van der Waals surface area contributed by atoms with Gasteiger partial charge in [-0.3, -0.25) is 24.4 Å². The molecule has 0 aliphatic heterocycles. The number of likely N-dealkylation sites (N-methyl/N-ethyl adjacent to an activating group) is 1. The number of hydrogen-bond donors (Lipinski definition) is 1. The summed E-state index contributed by atoms with van der Waals surface area (Å²) in [6.07, 6.45) is 5.32. The number of carbonyl (C=O) groups excluding carboxylic acids is 2. The Labute approximate surface area is 190 Å². The highest BCUT2D eigenvalue weighted by molar-refractivity contribution is 7.14. The van der Waals surface area contributed by atoms with Gasteiger partial charge in [0.05, 0.1) is 0 Å². The number of nitrogens with one attached hydrogen (secondary N) is 1. The molecule has 32 heavy (non-hydrogen) atoms. The maximum Gasteiger partial charge on any atom is 0.260 e. The molecule has 2 amide bonds. The Morgan fingerprint density at radius 2 is 1.91 bits per heavy atom. The molecule has 2 heterocycles. The van der Waals surface area contributed by atoms with Crippen molar-refractivity contribution in [3.63, 3.8) is 0 Å². The van der Waals surface area contributed by atoms with Crippen LogP contribution >= 0.6 is 11.3 Å². The van der Waals surface area contributed by atoms with E-state index in [4.69, 9.17) is 0 Å². The van der Waals surface area contributed by atoms with E-state index in [9.17, 15) is 14.9 Å². The maximum absolute atomic E-state index is 13.5. The van der Waals surface area contributed by atoms with Gasteiger partial charge < -0.3 is 5.32 Å². The first-order chi connectivity index (χ1) is 15.4. The molecular formula is C23H22N6O2S. The van der Waals surface area contributed by atoms with Gasteiger partial charge in [0.15, 0.2) is 11.3 Å². The third-order valence-corrected chi connectivity index (χ3v) is 5.27. The van der Waals surface area contributed by atoms with Crippen molar-refractivity contribution in [2.24, 2.45) is 0 Å². The molecule has 3 aromatic rings. The molecule has 0 saturated carbocycles. The summed E-state index contributed by atoms with van der Waals surface area (Å²) >= 11 is 1.30. The van der Waals surface area contributed by atoms with Crippen molar-refractivity contribution in [2.45, 2.75) is 19.4 Å². The molecule has 2 aromatic heterocycles. The van der Waals surface area contributed by atoms with Crippen LogP contribution < -0.4 is 10.2 Å². The number of nitrogens with zero attached hydrogens (tertiary/aromatic N) is 5. The highest BCUT2D eigenvalue weighted by Crippen LogP contribution is 2.30. The predicted molar refractivity (Wildman–Crippen MR) is 124 cm³/mol. The van der Waals surface area contributed by atoms with Crippen molar-refractivity contribution in [2.75, 3.05) is 17.3 Å². The first-order valence-electron chi connectivity index (χ1n) is 9.73. The van der Waals surface area contributed by atoms with Crippen molar-refractivity contribution in [1.29, 1.82) is 5.26 Å². The minimum absolute atomic E-state index is 0.189. The van der Waals surface area contributed by atoms with E-state index in [2.05, 4.69) is 21.9 Å². The lowest BCUT2D eigenvalue weighted by atomic mass is 10.0. The minimum Gasteiger partial charge on any atom is -0.331 e. The number of hydrogen-bond acceptors (Lipinski definition) is 7. The average molecular weight is 447 g/mol. The molecule has 0 aliphatic carbocycles. The Hall–Kier alpha value is -4.03. The minimum atomic E-state index is -0.972. The van der Waals surface area contributed by atoms with E-state index in [-0.39, 0.29) is 6.42 Å². The standard InChI is InChI=1S/C23H22N6O2S/c1-16(2)13-19(22(31)28(3)15-24)29(21(30)17-7-5-4-6-8-17)20-14-32-23(27-20)26-18-9-11-25-12-10-18/h4-12,14,19H,1,13H2,2-3H3,(H,25,26,27)/t19-/m0/s1. The topological polar surface area (TPSA) is 102 Å². The fourth-order valence-electron chi connectivity index (χ4n) is 3.01. The summed E-state index contributed by atoms with van der Waals surface area (Å²) in [7, 11) is 1.37. The molecule has 0 spiro atoms. The Morgan fingerprint density at radius 1 is 1.22 bits per heavy atom. The zero-order valence-corrected chi connectivity index (χ0v) is 18.5. The monoisotopic (exact) mass is 446 g/mol. The van der Waals surface area contributed by atoms with Gasteiger partial charge in [-0.2, -0.15) is 5.26 Å². The first kappa shape index (κ1) is 22.7. The van der Waals surface area contributed by atoms with Crippen LogP contribution in [0.5, 0.6) is 0 Å². The van der Waals surface area contributed by atoms with Gasteiger partial charge in [-0.05, 0) is 37.6 Å². The van der Waals surface area contributed by atoms with Crippen LogP contribution in [-0.4, -0.2) is 39.8 Å². The second kappa shape index (κ2) is 10.3. The SMILES string of the molecule is C=C(C)C[C@@H](C(=O)N(C)C#N)N(C(=O)c1ccccc1)c1csc(Nc2ccncc2)n1. The first-order valence-corrected chi connectivity index (χ1v) is 10.6. The van der Waals surface area contributed by atoms with Crippen molar-refractivity contribution in [3.05, 3.63) is 78.0 Å². The van der Waals surface area contributed by atoms with E-state index in [1.807, 2.05) is 6.19 Å². The molecule has 0 bridgehead atoms. The molecule has 3 rings (SSSR count). The Balaban J connectivity index is 2.04. The fraction of sp³-hybridized carbons (Fsp3) is 0.174. The van der Waals surface area contributed by atoms with Crippen LogP contribution in [0.3, 0.4) is 0 Å². The van der Waals surface area contributed by atoms with Crippen molar-refractivity contribution in [3.8, 4) is 6.19 Å². The van der Waals surface area contributed by atoms with Gasteiger partial charge in [0.25, 0.3) is 11.8 Å². The van der Waals surface area contributed by atoms with Gasteiger partial charge >= 0.3 is 0 Å². The van der Waals surface area contributed by atoms with E-state index in [1.165, 1.54) is 23.3 Å². The summed E-state index contributed by atoms with van der Waals surface area (Å²) in [5.74, 6) is -0.597. The van der Waals surface area contributed by atoms with Crippen LogP contribution in [0, 0.1) is 11.5 Å². The van der Waals surface area contributed by atoms with Crippen LogP contribution in [0.4, 0.5) is 16.6 Å². The summed E-state index contributed by atoms with van der Waals surface area (Å²) < 4.78 is 0. The normalized spacial score (nSPS) is 11.2. The molecule has 1 aromatic carbocycles. The lowest BCUT2D eigenvalue weighted by Crippen LogP contribution is -2.49. The molecule has 0 saturated heterocycles. The lowest BCUT2D eigenvalue weighted by Gasteiger charge is -2.30. The van der Waals surface area contributed by atoms with Gasteiger partial charge in [0, 0.05) is 36.1 Å². The van der Waals surface area contributed by atoms with Crippen LogP contribution in [-0.2, 0) is 4.79 Å². The zero-order valence-electron chi connectivity index (χ0n) is 17.7. The van der Waals surface area contributed by atoms with Gasteiger partial charge in [-0.1, -0.05) is 23.8 Å². The number of pyridine rings is 1. The van der Waals surface area contributed by atoms with E-state index >= 15 is 0 Å². The van der Waals surface area contributed by atoms with E-state index in [0.29, 0.717) is 22.1 Å². The molecular weight excluding hydrogens is 424 g/mol. The third kappa shape index (κ3) is 5.36. The van der Waals surface area contributed by atoms with Crippen molar-refractivity contribution in [1.82, 2.24) is 14.9 Å². The molecule has 0 unspecified atom stereocenters. The van der Waals surface area contributed by atoms with Crippen LogP contribution in [0.15, 0.2) is 72.4 Å². The number of thiazole rings is 1. The van der Waals surface area contributed by atoms with E-state index < -0.39 is 17.9 Å². The molecule has 0 aliphatic rings. The number of carbonyl (C=O) groups is 2. The second-order valence-electron chi connectivity index (χ2n) is 7.09. The average Bonchev–Trinajstić information content (AvgIpc) is 3.26. The van der Waals surface area contributed by atoms with Gasteiger partial charge in [0.1, 0.15) is 11.9 Å². The molecule has 0 fully saturated rings. The van der Waals surface area contributed by atoms with E-state index in [1.54, 1.807) is 67.2 Å². The summed E-state index contributed by atoms with van der Waals surface area (Å²) in [5, 5.41) is 14.7. The molecule has 162 valence electrons. The zero-order chi connectivity index (χ0) is 23.1. The number of amides is 2. The summed E-state index contributed by atoms with van der Waals surface area (Å²) in [4.78, 5) is 37.4. The Bertz CT molecular complexity index is 1140. The number of rotatable bonds is 8. The molecule has 9 heteroatoms. The molecule has 1 N–H and O–H groups in total. The van der Waals surface area contributed by atoms with Crippen LogP contribution in [0.25, 0.3) is 0 Å². The quantitative estimate of drug-likeness (QED) is 0.316. The van der Waals surface area contributed by atoms with E-state index in [0.717, 1.165) is 10.6 Å². The molecule has 1 atom stereocenters. The highest BCUT2D eigenvalue weighted by Gasteiger charge is 2.35. The maximum atomic E-state index is 13.5. The molecule has 8 nitrogen and oxygen atoms in total. The van der Waals surface area contributed by atoms with Gasteiger partial charge in [-0.25, -0.2) is 4.98 Å². The van der Waals surface area contributed by atoms with Crippen LogP contribution in [0.2, 0.25) is 0 Å². The van der Waals surface area contributed by atoms with Crippen molar-refractivity contribution < 1.29 is 9.59 Å². The molecule has 0 radical (unpaired) electrons. The lowest BCUT2D eigenvalue weighted by molar-refractivity contribution is -0.128. The summed E-state index contributed by atoms with van der Waals surface area (Å²) in [6, 6.07) is 11.3. The number of benzene rings is 1. The number of aromatic nitrogens is 2. The highest BCUT2D eigenvalue weighted by atomic mass is 32.1. The van der Waals surface area contributed by atoms with Gasteiger partial charge in [-0.15, -0.1) is 17.9 Å². The Morgan fingerprint density at radius 3 is 2.53 bits per heavy atom. The fourth-order valence-corrected chi connectivity index (χ4v) is 3.72.